The molecular weight excluding hydrogens is 480 g/mol. The van der Waals surface area contributed by atoms with E-state index in [4.69, 9.17) is 23.7 Å². The monoisotopic (exact) mass is 520 g/mol. The van der Waals surface area contributed by atoms with Crippen molar-refractivity contribution in [2.75, 3.05) is 6.61 Å². The molecule has 2 saturated heterocycles. The zero-order valence-corrected chi connectivity index (χ0v) is 23.2. The lowest BCUT2D eigenvalue weighted by molar-refractivity contribution is -0.349. The van der Waals surface area contributed by atoms with Crippen LogP contribution in [0.1, 0.15) is 81.1 Å². The molecule has 206 valence electrons. The average Bonchev–Trinajstić information content (AvgIpc) is 3.14. The minimum absolute atomic E-state index is 0.0936. The summed E-state index contributed by atoms with van der Waals surface area (Å²) in [5, 5.41) is 0. The van der Waals surface area contributed by atoms with Gasteiger partial charge in [-0.05, 0) is 26.7 Å². The van der Waals surface area contributed by atoms with E-state index in [9.17, 15) is 19.2 Å². The number of esters is 4. The van der Waals surface area contributed by atoms with Gasteiger partial charge in [0.15, 0.2) is 12.2 Å². The predicted molar refractivity (Wildman–Crippen MR) is 131 cm³/mol. The Balaban J connectivity index is 1.93. The first-order chi connectivity index (χ1) is 17.1. The van der Waals surface area contributed by atoms with E-state index < -0.39 is 52.3 Å². The standard InChI is InChI=1S/C28H40O9/c1-15(2)24(32)36-19-10-9-16(3)26(7)21(19)25(6)11-12-28(13-20(31)33-14-28)37-27(25,8)23(35-18(5)30)22(26)34-17(4)29/h9,15,19,21-23H,10-14H2,1-8H3/t19?,21?,22?,23?,25-,26+,27+,28+/m1/s1. The van der Waals surface area contributed by atoms with Crippen molar-refractivity contribution in [2.24, 2.45) is 22.7 Å². The topological polar surface area (TPSA) is 114 Å². The molecule has 0 N–H and O–H groups in total. The lowest BCUT2D eigenvalue weighted by Crippen LogP contribution is -2.78. The van der Waals surface area contributed by atoms with E-state index in [1.807, 2.05) is 26.8 Å². The van der Waals surface area contributed by atoms with Gasteiger partial charge < -0.3 is 23.7 Å². The van der Waals surface area contributed by atoms with Gasteiger partial charge >= 0.3 is 23.9 Å². The number of carbonyl (C=O) groups is 4. The molecule has 9 heteroatoms. The minimum atomic E-state index is -1.19. The van der Waals surface area contributed by atoms with Gasteiger partial charge in [-0.1, -0.05) is 39.3 Å². The van der Waals surface area contributed by atoms with Crippen LogP contribution in [0.3, 0.4) is 0 Å². The quantitative estimate of drug-likeness (QED) is 0.311. The number of ether oxygens (including phenoxy) is 5. The second kappa shape index (κ2) is 9.10. The van der Waals surface area contributed by atoms with Crippen molar-refractivity contribution in [2.45, 2.75) is 111 Å². The Hall–Kier alpha value is -2.42. The number of carbonyl (C=O) groups excluding carboxylic acids is 4. The summed E-state index contributed by atoms with van der Waals surface area (Å²) in [4.78, 5) is 50.0. The molecule has 0 radical (unpaired) electrons. The van der Waals surface area contributed by atoms with Crippen molar-refractivity contribution in [3.8, 4) is 0 Å². The highest BCUT2D eigenvalue weighted by Gasteiger charge is 2.76. The summed E-state index contributed by atoms with van der Waals surface area (Å²) in [5.41, 5.74) is -2.60. The summed E-state index contributed by atoms with van der Waals surface area (Å²) in [7, 11) is 0. The smallest absolute Gasteiger partial charge is 0.308 e. The normalized spacial score (nSPS) is 42.8. The molecule has 8 atom stereocenters. The van der Waals surface area contributed by atoms with E-state index in [0.29, 0.717) is 19.3 Å². The van der Waals surface area contributed by atoms with Crippen LogP contribution in [0, 0.1) is 22.7 Å². The lowest BCUT2D eigenvalue weighted by Gasteiger charge is -2.70. The Morgan fingerprint density at radius 3 is 2.16 bits per heavy atom. The molecule has 3 fully saturated rings. The van der Waals surface area contributed by atoms with Crippen LogP contribution in [-0.4, -0.2) is 60.0 Å². The molecule has 2 aliphatic heterocycles. The molecule has 9 nitrogen and oxygen atoms in total. The molecule has 2 heterocycles. The van der Waals surface area contributed by atoms with Crippen molar-refractivity contribution in [1.82, 2.24) is 0 Å². The number of rotatable bonds is 4. The van der Waals surface area contributed by atoms with Crippen LogP contribution in [0.5, 0.6) is 0 Å². The summed E-state index contributed by atoms with van der Waals surface area (Å²) in [5.74, 6) is -2.34. The second-order valence-corrected chi connectivity index (χ2v) is 12.2. The van der Waals surface area contributed by atoms with Gasteiger partial charge in [0, 0.05) is 37.0 Å². The number of fused-ring (bicyclic) bond motifs is 3. The molecule has 0 aromatic carbocycles. The highest BCUT2D eigenvalue weighted by molar-refractivity contribution is 5.73. The van der Waals surface area contributed by atoms with E-state index in [2.05, 4.69) is 6.92 Å². The molecular formula is C28H40O9. The average molecular weight is 521 g/mol. The molecule has 0 aromatic heterocycles. The third-order valence-corrected chi connectivity index (χ3v) is 9.57. The first-order valence-electron chi connectivity index (χ1n) is 13.2. The van der Waals surface area contributed by atoms with Gasteiger partial charge in [-0.15, -0.1) is 0 Å². The molecule has 1 saturated carbocycles. The molecule has 4 rings (SSSR count). The molecule has 37 heavy (non-hydrogen) atoms. The van der Waals surface area contributed by atoms with E-state index in [1.54, 1.807) is 13.8 Å². The Morgan fingerprint density at radius 1 is 1.00 bits per heavy atom. The molecule has 0 amide bonds. The van der Waals surface area contributed by atoms with Crippen LogP contribution < -0.4 is 0 Å². The molecule has 0 aromatic rings. The lowest BCUT2D eigenvalue weighted by atomic mass is 9.41. The number of cyclic esters (lactones) is 1. The van der Waals surface area contributed by atoms with Crippen molar-refractivity contribution in [3.63, 3.8) is 0 Å². The minimum Gasteiger partial charge on any atom is -0.463 e. The number of hydrogen-bond acceptors (Lipinski definition) is 9. The van der Waals surface area contributed by atoms with Crippen LogP contribution >= 0.6 is 0 Å². The van der Waals surface area contributed by atoms with E-state index in [-0.39, 0.29) is 36.8 Å². The van der Waals surface area contributed by atoms with Gasteiger partial charge in [-0.3, -0.25) is 19.2 Å². The largest absolute Gasteiger partial charge is 0.463 e. The fourth-order valence-electron chi connectivity index (χ4n) is 7.48. The third kappa shape index (κ3) is 4.17. The van der Waals surface area contributed by atoms with E-state index in [0.717, 1.165) is 5.57 Å². The van der Waals surface area contributed by atoms with Gasteiger partial charge in [0.05, 0.1) is 12.3 Å². The summed E-state index contributed by atoms with van der Waals surface area (Å²) in [6.45, 7) is 14.3. The molecule has 2 aliphatic carbocycles. The van der Waals surface area contributed by atoms with Gasteiger partial charge in [0.25, 0.3) is 0 Å². The fourth-order valence-corrected chi connectivity index (χ4v) is 7.48. The predicted octanol–water partition coefficient (Wildman–Crippen LogP) is 3.66. The third-order valence-electron chi connectivity index (χ3n) is 9.57. The summed E-state index contributed by atoms with van der Waals surface area (Å²) in [6.07, 6.45) is 1.38. The van der Waals surface area contributed by atoms with Gasteiger partial charge in [0.1, 0.15) is 23.9 Å². The van der Waals surface area contributed by atoms with Crippen LogP contribution in [0.25, 0.3) is 0 Å². The SMILES string of the molecule is CC(=O)OC1C(OC(C)=O)[C@]2(C)O[C@]3(CC[C@]2(C)C2C(OC(=O)C(C)C)CC=C(C)[C@]12C)COC(=O)C3. The van der Waals surface area contributed by atoms with Gasteiger partial charge in [-0.25, -0.2) is 0 Å². The molecule has 4 unspecified atom stereocenters. The van der Waals surface area contributed by atoms with Crippen LogP contribution in [0.15, 0.2) is 11.6 Å². The number of hydrogen-bond donors (Lipinski definition) is 0. The zero-order chi connectivity index (χ0) is 27.6. The zero-order valence-electron chi connectivity index (χ0n) is 23.2. The summed E-state index contributed by atoms with van der Waals surface area (Å²) in [6, 6.07) is 0. The first kappa shape index (κ1) is 27.6. The summed E-state index contributed by atoms with van der Waals surface area (Å²) >= 11 is 0. The maximum Gasteiger partial charge on any atom is 0.308 e. The van der Waals surface area contributed by atoms with Crippen LogP contribution in [0.4, 0.5) is 0 Å². The van der Waals surface area contributed by atoms with E-state index in [1.165, 1.54) is 13.8 Å². The molecule has 0 bridgehead atoms. The van der Waals surface area contributed by atoms with Crippen LogP contribution in [0.2, 0.25) is 0 Å². The summed E-state index contributed by atoms with van der Waals surface area (Å²) < 4.78 is 30.3. The van der Waals surface area contributed by atoms with Gasteiger partial charge in [0.2, 0.25) is 0 Å². The Labute approximate surface area is 218 Å². The van der Waals surface area contributed by atoms with Crippen molar-refractivity contribution in [1.29, 1.82) is 0 Å². The van der Waals surface area contributed by atoms with Crippen molar-refractivity contribution < 1.29 is 42.9 Å². The molecule has 1 spiro atoms. The molecule has 4 aliphatic rings. The van der Waals surface area contributed by atoms with Crippen LogP contribution in [-0.2, 0) is 42.9 Å². The first-order valence-corrected chi connectivity index (χ1v) is 13.2. The van der Waals surface area contributed by atoms with E-state index >= 15 is 0 Å². The van der Waals surface area contributed by atoms with Crippen molar-refractivity contribution in [3.05, 3.63) is 11.6 Å². The maximum atomic E-state index is 12.8. The van der Waals surface area contributed by atoms with Gasteiger partial charge in [-0.2, -0.15) is 0 Å². The highest BCUT2D eigenvalue weighted by Crippen LogP contribution is 2.68. The Bertz CT molecular complexity index is 1030. The fraction of sp³-hybridized carbons (Fsp3) is 0.786. The van der Waals surface area contributed by atoms with Crippen molar-refractivity contribution >= 4 is 23.9 Å². The highest BCUT2D eigenvalue weighted by atomic mass is 16.6. The Kier molecular flexibility index (Phi) is 6.79. The Morgan fingerprint density at radius 2 is 1.62 bits per heavy atom. The maximum absolute atomic E-state index is 12.8. The second-order valence-electron chi connectivity index (χ2n) is 12.2.